The molecule has 1 aromatic heterocycles. The van der Waals surface area contributed by atoms with Gasteiger partial charge in [0.05, 0.1) is 18.9 Å². The molecule has 0 saturated carbocycles. The predicted molar refractivity (Wildman–Crippen MR) is 92.0 cm³/mol. The van der Waals surface area contributed by atoms with Crippen LogP contribution in [0.5, 0.6) is 0 Å². The number of benzene rings is 1. The number of carbonyl (C=O) groups excluding carboxylic acids is 2. The van der Waals surface area contributed by atoms with E-state index in [1.54, 1.807) is 6.07 Å². The molecule has 2 aromatic rings. The van der Waals surface area contributed by atoms with E-state index in [-0.39, 0.29) is 17.9 Å². The first-order chi connectivity index (χ1) is 12.2. The Labute approximate surface area is 146 Å². The summed E-state index contributed by atoms with van der Waals surface area (Å²) in [5.74, 6) is -0.317. The molecule has 0 radical (unpaired) electrons. The van der Waals surface area contributed by atoms with Crippen molar-refractivity contribution in [3.63, 3.8) is 0 Å². The Balaban J connectivity index is 1.60. The van der Waals surface area contributed by atoms with Crippen LogP contribution in [0.4, 0.5) is 0 Å². The van der Waals surface area contributed by atoms with Gasteiger partial charge in [-0.15, -0.1) is 0 Å². The molecule has 1 N–H and O–H groups in total. The molecule has 1 unspecified atom stereocenters. The number of amides is 1. The van der Waals surface area contributed by atoms with Crippen LogP contribution in [0.25, 0.3) is 0 Å². The lowest BCUT2D eigenvalue weighted by atomic mass is 10.0. The monoisotopic (exact) mass is 342 g/mol. The number of piperidine rings is 1. The van der Waals surface area contributed by atoms with Gasteiger partial charge in [0.15, 0.2) is 0 Å². The summed E-state index contributed by atoms with van der Waals surface area (Å²) in [6.45, 7) is 1.29. The van der Waals surface area contributed by atoms with Crippen molar-refractivity contribution in [2.75, 3.05) is 20.2 Å². The zero-order chi connectivity index (χ0) is 17.6. The molecular weight excluding hydrogens is 320 g/mol. The molecule has 1 aromatic carbocycles. The summed E-state index contributed by atoms with van der Waals surface area (Å²) in [4.78, 5) is 26.3. The fraction of sp³-hybridized carbons (Fsp3) is 0.368. The molecule has 2 heterocycles. The van der Waals surface area contributed by atoms with Crippen LogP contribution in [0.1, 0.15) is 34.8 Å². The van der Waals surface area contributed by atoms with Gasteiger partial charge in [-0.2, -0.15) is 0 Å². The first-order valence-electron chi connectivity index (χ1n) is 8.39. The summed E-state index contributed by atoms with van der Waals surface area (Å²) >= 11 is 0. The van der Waals surface area contributed by atoms with Crippen LogP contribution in [-0.2, 0) is 9.53 Å². The van der Waals surface area contributed by atoms with Crippen LogP contribution in [0, 0.1) is 0 Å². The number of hydrogen-bond acceptors (Lipinski definition) is 5. The van der Waals surface area contributed by atoms with Crippen LogP contribution >= 0.6 is 0 Å². The van der Waals surface area contributed by atoms with E-state index in [4.69, 9.17) is 9.15 Å². The Kier molecular flexibility index (Phi) is 5.50. The Morgan fingerprint density at radius 2 is 1.92 bits per heavy atom. The van der Waals surface area contributed by atoms with Crippen LogP contribution in [0.2, 0.25) is 0 Å². The van der Waals surface area contributed by atoms with E-state index in [1.165, 1.54) is 19.6 Å². The molecule has 132 valence electrons. The molecule has 0 spiro atoms. The second-order valence-corrected chi connectivity index (χ2v) is 6.11. The van der Waals surface area contributed by atoms with Crippen molar-refractivity contribution in [3.05, 3.63) is 60.1 Å². The highest BCUT2D eigenvalue weighted by Crippen LogP contribution is 2.20. The minimum atomic E-state index is -0.493. The molecule has 3 rings (SSSR count). The van der Waals surface area contributed by atoms with Crippen molar-refractivity contribution >= 4 is 11.9 Å². The number of ether oxygens (including phenoxy) is 1. The third-order valence-corrected chi connectivity index (χ3v) is 4.52. The summed E-state index contributed by atoms with van der Waals surface area (Å²) < 4.78 is 9.92. The van der Waals surface area contributed by atoms with E-state index in [1.807, 2.05) is 35.2 Å². The number of nitrogens with one attached hydrogen (secondary N) is 1. The fourth-order valence-corrected chi connectivity index (χ4v) is 3.12. The number of nitrogens with zero attached hydrogens (tertiary/aromatic N) is 1. The second kappa shape index (κ2) is 7.98. The normalized spacial score (nSPS) is 16.4. The van der Waals surface area contributed by atoms with E-state index in [2.05, 4.69) is 5.32 Å². The van der Waals surface area contributed by atoms with Crippen molar-refractivity contribution in [1.29, 1.82) is 0 Å². The summed E-state index contributed by atoms with van der Waals surface area (Å²) in [5, 5.41) is 3.39. The highest BCUT2D eigenvalue weighted by molar-refractivity contribution is 5.93. The quantitative estimate of drug-likeness (QED) is 0.845. The number of hydrogen-bond donors (Lipinski definition) is 1. The molecule has 1 fully saturated rings. The molecule has 6 heteroatoms. The highest BCUT2D eigenvalue weighted by Gasteiger charge is 2.29. The average molecular weight is 342 g/mol. The van der Waals surface area contributed by atoms with Gasteiger partial charge >= 0.3 is 5.97 Å². The Hall–Kier alpha value is -2.60. The smallest absolute Gasteiger partial charge is 0.327 e. The lowest BCUT2D eigenvalue weighted by Gasteiger charge is -2.34. The zero-order valence-corrected chi connectivity index (χ0v) is 14.2. The van der Waals surface area contributed by atoms with Gasteiger partial charge in [0, 0.05) is 19.1 Å². The minimum Gasteiger partial charge on any atom is -0.472 e. The van der Waals surface area contributed by atoms with Crippen LogP contribution in [-0.4, -0.2) is 43.0 Å². The summed E-state index contributed by atoms with van der Waals surface area (Å²) in [5.41, 5.74) is 1.45. The standard InChI is InChI=1S/C19H22N2O4/c1-24-19(23)17(14-5-3-2-4-6-14)20-16-7-10-21(11-8-16)18(22)15-9-12-25-13-15/h2-6,9,12-13,16-17,20H,7-8,10-11H2,1H3. The molecule has 1 atom stereocenters. The van der Waals surface area contributed by atoms with Crippen LogP contribution < -0.4 is 5.32 Å². The highest BCUT2D eigenvalue weighted by atomic mass is 16.5. The lowest BCUT2D eigenvalue weighted by Crippen LogP contribution is -2.47. The Morgan fingerprint density at radius 3 is 2.52 bits per heavy atom. The minimum absolute atomic E-state index is 0.0141. The number of furan rings is 1. The summed E-state index contributed by atoms with van der Waals surface area (Å²) in [6.07, 6.45) is 4.53. The predicted octanol–water partition coefficient (Wildman–Crippen LogP) is 2.39. The number of esters is 1. The number of methoxy groups -OCH3 is 1. The van der Waals surface area contributed by atoms with Crippen molar-refractivity contribution in [1.82, 2.24) is 10.2 Å². The maximum absolute atomic E-state index is 12.3. The molecule has 1 saturated heterocycles. The second-order valence-electron chi connectivity index (χ2n) is 6.11. The molecule has 1 amide bonds. The Bertz CT molecular complexity index is 691. The number of rotatable bonds is 5. The number of likely N-dealkylation sites (tertiary alicyclic amines) is 1. The van der Waals surface area contributed by atoms with E-state index < -0.39 is 6.04 Å². The first kappa shape index (κ1) is 17.2. The van der Waals surface area contributed by atoms with E-state index in [0.29, 0.717) is 18.7 Å². The average Bonchev–Trinajstić information content (AvgIpc) is 3.21. The molecular formula is C19H22N2O4. The van der Waals surface area contributed by atoms with Gasteiger partial charge in [0.1, 0.15) is 12.3 Å². The molecule has 25 heavy (non-hydrogen) atoms. The Morgan fingerprint density at radius 1 is 1.20 bits per heavy atom. The van der Waals surface area contributed by atoms with Crippen LogP contribution in [0.15, 0.2) is 53.3 Å². The van der Waals surface area contributed by atoms with Gasteiger partial charge in [-0.25, -0.2) is 4.79 Å². The first-order valence-corrected chi connectivity index (χ1v) is 8.39. The van der Waals surface area contributed by atoms with E-state index in [0.717, 1.165) is 18.4 Å². The fourth-order valence-electron chi connectivity index (χ4n) is 3.12. The van der Waals surface area contributed by atoms with Gasteiger partial charge in [-0.3, -0.25) is 10.1 Å². The van der Waals surface area contributed by atoms with E-state index >= 15 is 0 Å². The molecule has 1 aliphatic heterocycles. The molecule has 0 bridgehead atoms. The van der Waals surface area contributed by atoms with E-state index in [9.17, 15) is 9.59 Å². The van der Waals surface area contributed by atoms with Crippen molar-refractivity contribution in [3.8, 4) is 0 Å². The zero-order valence-electron chi connectivity index (χ0n) is 14.2. The van der Waals surface area contributed by atoms with Crippen LogP contribution in [0.3, 0.4) is 0 Å². The third-order valence-electron chi connectivity index (χ3n) is 4.52. The van der Waals surface area contributed by atoms with Crippen molar-refractivity contribution in [2.24, 2.45) is 0 Å². The maximum atomic E-state index is 12.3. The topological polar surface area (TPSA) is 71.8 Å². The summed E-state index contributed by atoms with van der Waals surface area (Å²) in [6, 6.07) is 10.9. The van der Waals surface area contributed by atoms with Gasteiger partial charge in [0.2, 0.25) is 0 Å². The lowest BCUT2D eigenvalue weighted by molar-refractivity contribution is -0.143. The maximum Gasteiger partial charge on any atom is 0.327 e. The number of carbonyl (C=O) groups is 2. The summed E-state index contributed by atoms with van der Waals surface area (Å²) in [7, 11) is 1.39. The van der Waals surface area contributed by atoms with Gasteiger partial charge in [-0.05, 0) is 24.5 Å². The molecule has 1 aliphatic rings. The van der Waals surface area contributed by atoms with Crippen molar-refractivity contribution in [2.45, 2.75) is 24.9 Å². The van der Waals surface area contributed by atoms with Crippen molar-refractivity contribution < 1.29 is 18.7 Å². The third kappa shape index (κ3) is 4.09. The largest absolute Gasteiger partial charge is 0.472 e. The molecule has 6 nitrogen and oxygen atoms in total. The van der Waals surface area contributed by atoms with Gasteiger partial charge in [-0.1, -0.05) is 30.3 Å². The SMILES string of the molecule is COC(=O)C(NC1CCN(C(=O)c2ccoc2)CC1)c1ccccc1. The van der Waals surface area contributed by atoms with Gasteiger partial charge < -0.3 is 14.1 Å². The molecule has 0 aliphatic carbocycles. The van der Waals surface area contributed by atoms with Gasteiger partial charge in [0.25, 0.3) is 5.91 Å².